The van der Waals surface area contributed by atoms with Gasteiger partial charge in [0.05, 0.1) is 4.91 Å². The van der Waals surface area contributed by atoms with Gasteiger partial charge in [-0.25, -0.2) is 0 Å². The first kappa shape index (κ1) is 28.0. The number of halogens is 3. The number of carbonyl (C=O) groups excluding carboxylic acids is 1. The van der Waals surface area contributed by atoms with Crippen LogP contribution in [0.5, 0.6) is 17.2 Å². The van der Waals surface area contributed by atoms with Crippen molar-refractivity contribution in [2.75, 3.05) is 6.54 Å². The molecule has 1 saturated heterocycles. The summed E-state index contributed by atoms with van der Waals surface area (Å²) >= 11 is 6.15. The number of benzene rings is 3. The van der Waals surface area contributed by atoms with Gasteiger partial charge in [-0.05, 0) is 47.0 Å². The summed E-state index contributed by atoms with van der Waals surface area (Å²) in [6.45, 7) is -0.254. The Morgan fingerprint density at radius 1 is 0.949 bits per heavy atom. The van der Waals surface area contributed by atoms with Gasteiger partial charge in [0.2, 0.25) is 0 Å². The van der Waals surface area contributed by atoms with Crippen LogP contribution in [0.3, 0.4) is 0 Å². The fraction of sp³-hybridized carbons (Fsp3) is 0.148. The molecule has 12 heteroatoms. The summed E-state index contributed by atoms with van der Waals surface area (Å²) in [6, 6.07) is 19.7. The lowest BCUT2D eigenvalue weighted by molar-refractivity contribution is -0.274. The number of carboxylic acid groups (broad SMARTS) is 1. The van der Waals surface area contributed by atoms with Gasteiger partial charge in [0.1, 0.15) is 29.8 Å². The first-order chi connectivity index (χ1) is 18.6. The summed E-state index contributed by atoms with van der Waals surface area (Å²) in [6.07, 6.45) is -3.19. The number of thioether (sulfide) groups is 1. The molecule has 4 rings (SSSR count). The lowest BCUT2D eigenvalue weighted by Gasteiger charge is -2.14. The molecular weight excluding hydrogens is 555 g/mol. The molecule has 0 saturated carbocycles. The third-order valence-corrected chi connectivity index (χ3v) is 6.60. The maximum absolute atomic E-state index is 12.6. The number of carboxylic acids is 1. The molecule has 1 fully saturated rings. The number of carbonyl (C=O) groups is 2. The minimum atomic E-state index is -4.78. The van der Waals surface area contributed by atoms with Crippen molar-refractivity contribution in [2.45, 2.75) is 19.6 Å². The summed E-state index contributed by atoms with van der Waals surface area (Å²) < 4.78 is 53.2. The highest BCUT2D eigenvalue weighted by Crippen LogP contribution is 2.35. The molecule has 0 aliphatic carbocycles. The summed E-state index contributed by atoms with van der Waals surface area (Å²) in [7, 11) is 0. The number of hydrogen-bond acceptors (Lipinski definition) is 7. The Bertz CT molecular complexity index is 1390. The Kier molecular flexibility index (Phi) is 8.77. The van der Waals surface area contributed by atoms with Gasteiger partial charge in [-0.3, -0.25) is 14.5 Å². The molecule has 202 valence electrons. The quantitative estimate of drug-likeness (QED) is 0.232. The Morgan fingerprint density at radius 3 is 2.23 bits per heavy atom. The fourth-order valence-corrected chi connectivity index (χ4v) is 4.71. The number of rotatable bonds is 10. The molecule has 39 heavy (non-hydrogen) atoms. The zero-order valence-corrected chi connectivity index (χ0v) is 21.6. The van der Waals surface area contributed by atoms with Crippen molar-refractivity contribution < 1.29 is 42.1 Å². The first-order valence-corrected chi connectivity index (χ1v) is 12.6. The van der Waals surface area contributed by atoms with Crippen LogP contribution in [0.15, 0.2) is 77.7 Å². The van der Waals surface area contributed by atoms with E-state index in [1.165, 1.54) is 24.3 Å². The Morgan fingerprint density at radius 2 is 1.59 bits per heavy atom. The maximum atomic E-state index is 12.6. The van der Waals surface area contributed by atoms with Crippen molar-refractivity contribution in [1.29, 1.82) is 0 Å². The van der Waals surface area contributed by atoms with Crippen LogP contribution < -0.4 is 14.2 Å². The molecule has 0 spiro atoms. The molecule has 3 aromatic carbocycles. The predicted octanol–water partition coefficient (Wildman–Crippen LogP) is 6.03. The minimum Gasteiger partial charge on any atom is -0.485 e. The van der Waals surface area contributed by atoms with Crippen LogP contribution in [0, 0.1) is 0 Å². The number of nitrogens with zero attached hydrogens (tertiary/aromatic N) is 1. The van der Waals surface area contributed by atoms with E-state index in [0.29, 0.717) is 22.6 Å². The molecule has 0 unspecified atom stereocenters. The molecule has 1 heterocycles. The number of aliphatic carboxylic acids is 1. The van der Waals surface area contributed by atoms with Crippen molar-refractivity contribution in [2.24, 2.45) is 0 Å². The average Bonchev–Trinajstić information content (AvgIpc) is 3.14. The van der Waals surface area contributed by atoms with E-state index in [1.54, 1.807) is 24.3 Å². The molecule has 3 aromatic rings. The Labute approximate surface area is 230 Å². The number of ether oxygens (including phenoxy) is 3. The summed E-state index contributed by atoms with van der Waals surface area (Å²) in [4.78, 5) is 25.0. The Hall–Kier alpha value is -4.03. The van der Waals surface area contributed by atoms with Crippen LogP contribution in [0.2, 0.25) is 0 Å². The molecule has 1 amide bonds. The van der Waals surface area contributed by atoms with Crippen molar-refractivity contribution >= 4 is 46.3 Å². The SMILES string of the molecule is O=C(O)CN1C(=O)C(=Cc2ccc(OCc3ccc(OC(F)(F)F)cc3)c(OCc3ccccc3)c2)SC1=S. The van der Waals surface area contributed by atoms with Gasteiger partial charge in [0.25, 0.3) is 5.91 Å². The number of amides is 1. The average molecular weight is 576 g/mol. The van der Waals surface area contributed by atoms with E-state index in [2.05, 4.69) is 4.74 Å². The van der Waals surface area contributed by atoms with Gasteiger partial charge in [-0.1, -0.05) is 72.5 Å². The van der Waals surface area contributed by atoms with Gasteiger partial charge >= 0.3 is 12.3 Å². The summed E-state index contributed by atoms with van der Waals surface area (Å²) in [5.74, 6) is -1.27. The smallest absolute Gasteiger partial charge is 0.485 e. The van der Waals surface area contributed by atoms with Crippen molar-refractivity contribution in [3.63, 3.8) is 0 Å². The second-order valence-corrected chi connectivity index (χ2v) is 9.80. The third kappa shape index (κ3) is 7.98. The monoisotopic (exact) mass is 575 g/mol. The van der Waals surface area contributed by atoms with E-state index in [9.17, 15) is 22.8 Å². The molecule has 0 atom stereocenters. The fourth-order valence-electron chi connectivity index (χ4n) is 3.45. The van der Waals surface area contributed by atoms with E-state index in [1.807, 2.05) is 30.3 Å². The lowest BCUT2D eigenvalue weighted by atomic mass is 10.1. The highest BCUT2D eigenvalue weighted by Gasteiger charge is 2.33. The van der Waals surface area contributed by atoms with Crippen LogP contribution >= 0.6 is 24.0 Å². The van der Waals surface area contributed by atoms with E-state index >= 15 is 0 Å². The lowest BCUT2D eigenvalue weighted by Crippen LogP contribution is -2.33. The van der Waals surface area contributed by atoms with Gasteiger partial charge in [-0.2, -0.15) is 0 Å². The van der Waals surface area contributed by atoms with E-state index in [0.717, 1.165) is 22.2 Å². The molecular formula is C27H20F3NO6S2. The second kappa shape index (κ2) is 12.2. The standard InChI is InChI=1S/C27H20F3NO6S2/c28-27(29,30)37-20-9-6-18(7-10-20)16-35-21-11-8-19(12-22(21)36-15-17-4-2-1-3-5-17)13-23-25(34)31(14-24(32)33)26(38)39-23/h1-13H,14-16H2,(H,32,33). The molecule has 1 aliphatic heterocycles. The number of thiocarbonyl (C=S) groups is 1. The third-order valence-electron chi connectivity index (χ3n) is 5.22. The van der Waals surface area contributed by atoms with Crippen LogP contribution in [0.25, 0.3) is 6.08 Å². The topological polar surface area (TPSA) is 85.3 Å². The molecule has 0 bridgehead atoms. The van der Waals surface area contributed by atoms with Crippen LogP contribution in [0.4, 0.5) is 13.2 Å². The van der Waals surface area contributed by atoms with E-state index in [4.69, 9.17) is 26.8 Å². The molecule has 0 radical (unpaired) electrons. The van der Waals surface area contributed by atoms with E-state index in [-0.39, 0.29) is 28.2 Å². The van der Waals surface area contributed by atoms with Crippen molar-refractivity contribution in [3.05, 3.63) is 94.4 Å². The van der Waals surface area contributed by atoms with Gasteiger partial charge in [0, 0.05) is 0 Å². The van der Waals surface area contributed by atoms with Gasteiger partial charge in [0.15, 0.2) is 11.5 Å². The van der Waals surface area contributed by atoms with Gasteiger partial charge in [-0.15, -0.1) is 13.2 Å². The highest BCUT2D eigenvalue weighted by atomic mass is 32.2. The largest absolute Gasteiger partial charge is 0.573 e. The molecule has 1 aliphatic rings. The molecule has 0 aromatic heterocycles. The summed E-state index contributed by atoms with van der Waals surface area (Å²) in [5, 5.41) is 9.03. The number of alkyl halides is 3. The zero-order chi connectivity index (χ0) is 28.0. The predicted molar refractivity (Wildman–Crippen MR) is 142 cm³/mol. The highest BCUT2D eigenvalue weighted by molar-refractivity contribution is 8.26. The Balaban J connectivity index is 1.53. The minimum absolute atomic E-state index is 0.0428. The van der Waals surface area contributed by atoms with E-state index < -0.39 is 24.8 Å². The second-order valence-electron chi connectivity index (χ2n) is 8.12. The maximum Gasteiger partial charge on any atom is 0.573 e. The zero-order valence-electron chi connectivity index (χ0n) is 20.0. The molecule has 1 N–H and O–H groups in total. The number of hydrogen-bond donors (Lipinski definition) is 1. The van der Waals surface area contributed by atoms with Crippen LogP contribution in [0.1, 0.15) is 16.7 Å². The summed E-state index contributed by atoms with van der Waals surface area (Å²) in [5.41, 5.74) is 2.10. The van der Waals surface area contributed by atoms with Crippen LogP contribution in [-0.2, 0) is 22.8 Å². The van der Waals surface area contributed by atoms with Crippen molar-refractivity contribution in [3.8, 4) is 17.2 Å². The van der Waals surface area contributed by atoms with Crippen molar-refractivity contribution in [1.82, 2.24) is 4.90 Å². The molecule has 7 nitrogen and oxygen atoms in total. The van der Waals surface area contributed by atoms with Gasteiger partial charge < -0.3 is 19.3 Å². The first-order valence-electron chi connectivity index (χ1n) is 11.3. The normalized spacial score (nSPS) is 14.5. The van der Waals surface area contributed by atoms with Crippen LogP contribution in [-0.4, -0.2) is 39.1 Å².